The average molecular weight is 492 g/mol. The highest BCUT2D eigenvalue weighted by Crippen LogP contribution is 2.34. The number of rotatable bonds is 7. The maximum absolute atomic E-state index is 14.0. The van der Waals surface area contributed by atoms with Crippen LogP contribution in [0.25, 0.3) is 28.4 Å². The number of aromatic amines is 1. The molecule has 5 rings (SSSR count). The summed E-state index contributed by atoms with van der Waals surface area (Å²) in [5.41, 5.74) is 3.04. The van der Waals surface area contributed by atoms with Gasteiger partial charge in [-0.3, -0.25) is 10.00 Å². The van der Waals surface area contributed by atoms with E-state index in [1.54, 1.807) is 13.3 Å². The first-order valence-corrected chi connectivity index (χ1v) is 11.7. The summed E-state index contributed by atoms with van der Waals surface area (Å²) in [7, 11) is 3.77. The number of piperazine rings is 1. The molecule has 186 valence electrons. The van der Waals surface area contributed by atoms with Crippen LogP contribution in [0.5, 0.6) is 5.75 Å². The average Bonchev–Trinajstić information content (AvgIpc) is 3.30. The van der Waals surface area contributed by atoms with Crippen LogP contribution in [0.2, 0.25) is 0 Å². The number of hydrogen-bond donors (Lipinski definition) is 2. The van der Waals surface area contributed by atoms with Gasteiger partial charge in [-0.2, -0.15) is 10.1 Å². The van der Waals surface area contributed by atoms with Gasteiger partial charge in [0.05, 0.1) is 18.2 Å². The van der Waals surface area contributed by atoms with Crippen molar-refractivity contribution in [3.05, 3.63) is 65.9 Å². The second kappa shape index (κ2) is 10.4. The fraction of sp³-hybridized carbons (Fsp3) is 0.269. The Morgan fingerprint density at radius 2 is 1.94 bits per heavy atom. The van der Waals surface area contributed by atoms with Gasteiger partial charge in [0.2, 0.25) is 5.95 Å². The van der Waals surface area contributed by atoms with Crippen LogP contribution in [0.4, 0.5) is 20.4 Å². The summed E-state index contributed by atoms with van der Waals surface area (Å²) < 4.78 is 32.8. The predicted molar refractivity (Wildman–Crippen MR) is 136 cm³/mol. The first-order valence-electron chi connectivity index (χ1n) is 11.7. The van der Waals surface area contributed by atoms with Crippen molar-refractivity contribution in [1.29, 1.82) is 0 Å². The molecule has 0 saturated carbocycles. The maximum Gasteiger partial charge on any atom is 0.229 e. The van der Waals surface area contributed by atoms with Gasteiger partial charge in [0.1, 0.15) is 23.1 Å². The summed E-state index contributed by atoms with van der Waals surface area (Å²) in [5.74, 6) is -0.546. The van der Waals surface area contributed by atoms with Crippen LogP contribution < -0.4 is 10.1 Å². The Balaban J connectivity index is 1.38. The zero-order valence-corrected chi connectivity index (χ0v) is 20.1. The number of fused-ring (bicyclic) bond motifs is 1. The lowest BCUT2D eigenvalue weighted by atomic mass is 10.0. The summed E-state index contributed by atoms with van der Waals surface area (Å²) in [5, 5.41) is 10.8. The van der Waals surface area contributed by atoms with E-state index in [1.807, 2.05) is 18.2 Å². The Kier molecular flexibility index (Phi) is 6.88. The summed E-state index contributed by atoms with van der Waals surface area (Å²) >= 11 is 0. The van der Waals surface area contributed by atoms with Gasteiger partial charge < -0.3 is 15.0 Å². The van der Waals surface area contributed by atoms with Crippen molar-refractivity contribution in [2.45, 2.75) is 0 Å². The van der Waals surface area contributed by atoms with E-state index < -0.39 is 11.6 Å². The van der Waals surface area contributed by atoms with Gasteiger partial charge in [-0.05, 0) is 36.9 Å². The van der Waals surface area contributed by atoms with E-state index in [0.29, 0.717) is 22.5 Å². The molecule has 0 unspecified atom stereocenters. The minimum atomic E-state index is -0.730. The third-order valence-electron chi connectivity index (χ3n) is 6.24. The first kappa shape index (κ1) is 23.8. The minimum absolute atomic E-state index is 0.0771. The third kappa shape index (κ3) is 5.19. The molecule has 3 heterocycles. The van der Waals surface area contributed by atoms with Gasteiger partial charge >= 0.3 is 0 Å². The molecule has 2 N–H and O–H groups in total. The molecule has 4 aromatic rings. The van der Waals surface area contributed by atoms with Crippen molar-refractivity contribution < 1.29 is 13.5 Å². The van der Waals surface area contributed by atoms with E-state index in [0.717, 1.165) is 56.0 Å². The molecule has 2 aromatic carbocycles. The van der Waals surface area contributed by atoms with Gasteiger partial charge in [-0.25, -0.2) is 13.8 Å². The number of aromatic nitrogens is 4. The number of nitrogens with zero attached hydrogens (tertiary/aromatic N) is 5. The van der Waals surface area contributed by atoms with Crippen LogP contribution >= 0.6 is 0 Å². The summed E-state index contributed by atoms with van der Waals surface area (Å²) in [6.07, 6.45) is 5.89. The van der Waals surface area contributed by atoms with E-state index >= 15 is 0 Å². The summed E-state index contributed by atoms with van der Waals surface area (Å²) in [4.78, 5) is 13.5. The molecule has 1 aliphatic rings. The molecule has 0 aliphatic carbocycles. The Hall–Kier alpha value is -3.89. The third-order valence-corrected chi connectivity index (χ3v) is 6.24. The van der Waals surface area contributed by atoms with Crippen LogP contribution in [-0.2, 0) is 0 Å². The standard InChI is InChI=1S/C26H27F2N7O/c1-34-10-12-35(13-11-34)9-3-4-17-5-8-23(36-2)19(14-17)24-20-16-29-26(31-25(20)33-32-24)30-22-7-6-18(27)15-21(22)28/h3-8,14-16H,9-13H2,1-2H3,(H2,29,30,31,32,33)/b4-3+. The molecule has 36 heavy (non-hydrogen) atoms. The van der Waals surface area contributed by atoms with Crippen LogP contribution in [0, 0.1) is 11.6 Å². The van der Waals surface area contributed by atoms with Crippen molar-refractivity contribution in [1.82, 2.24) is 30.0 Å². The number of halogens is 2. The second-order valence-corrected chi connectivity index (χ2v) is 8.74. The smallest absolute Gasteiger partial charge is 0.229 e. The fourth-order valence-corrected chi connectivity index (χ4v) is 4.17. The van der Waals surface area contributed by atoms with Gasteiger partial charge in [0.25, 0.3) is 0 Å². The molecule has 0 atom stereocenters. The number of benzene rings is 2. The summed E-state index contributed by atoms with van der Waals surface area (Å²) in [6, 6.07) is 9.21. The molecule has 0 bridgehead atoms. The van der Waals surface area contributed by atoms with Crippen LogP contribution in [-0.4, -0.2) is 76.8 Å². The predicted octanol–water partition coefficient (Wildman–Crippen LogP) is 4.31. The van der Waals surface area contributed by atoms with Crippen molar-refractivity contribution >= 4 is 28.7 Å². The number of methoxy groups -OCH3 is 1. The molecule has 2 aromatic heterocycles. The highest BCUT2D eigenvalue weighted by molar-refractivity contribution is 5.93. The molecular formula is C26H27F2N7O. The number of likely N-dealkylation sites (N-methyl/N-ethyl adjacent to an activating group) is 1. The minimum Gasteiger partial charge on any atom is -0.496 e. The van der Waals surface area contributed by atoms with Crippen molar-refractivity contribution in [3.63, 3.8) is 0 Å². The number of H-pyrrole nitrogens is 1. The normalized spacial score (nSPS) is 15.1. The Labute approximate surface area is 207 Å². The van der Waals surface area contributed by atoms with E-state index in [-0.39, 0.29) is 11.6 Å². The highest BCUT2D eigenvalue weighted by atomic mass is 19.1. The Morgan fingerprint density at radius 1 is 1.11 bits per heavy atom. The maximum atomic E-state index is 14.0. The van der Waals surface area contributed by atoms with Crippen LogP contribution in [0.15, 0.2) is 48.7 Å². The second-order valence-electron chi connectivity index (χ2n) is 8.74. The molecular weight excluding hydrogens is 464 g/mol. The Bertz CT molecular complexity index is 1400. The zero-order valence-electron chi connectivity index (χ0n) is 20.1. The molecule has 1 aliphatic heterocycles. The van der Waals surface area contributed by atoms with Crippen molar-refractivity contribution in [2.75, 3.05) is 52.2 Å². The monoisotopic (exact) mass is 491 g/mol. The fourth-order valence-electron chi connectivity index (χ4n) is 4.17. The SMILES string of the molecule is COc1ccc(/C=C/CN2CCN(C)CC2)cc1-c1n[nH]c2nc(Nc3ccc(F)cc3F)ncc12. The summed E-state index contributed by atoms with van der Waals surface area (Å²) in [6.45, 7) is 5.21. The zero-order chi connectivity index (χ0) is 25.1. The Morgan fingerprint density at radius 3 is 2.72 bits per heavy atom. The topological polar surface area (TPSA) is 82.2 Å². The molecule has 1 fully saturated rings. The first-order chi connectivity index (χ1) is 17.5. The van der Waals surface area contributed by atoms with Gasteiger partial charge in [0.15, 0.2) is 5.65 Å². The number of ether oxygens (including phenoxy) is 1. The van der Waals surface area contributed by atoms with Gasteiger partial charge in [-0.15, -0.1) is 0 Å². The molecule has 8 nitrogen and oxygen atoms in total. The largest absolute Gasteiger partial charge is 0.496 e. The van der Waals surface area contributed by atoms with E-state index in [2.05, 4.69) is 54.5 Å². The molecule has 10 heteroatoms. The van der Waals surface area contributed by atoms with E-state index in [4.69, 9.17) is 4.74 Å². The lowest BCUT2D eigenvalue weighted by molar-refractivity contribution is 0.167. The highest BCUT2D eigenvalue weighted by Gasteiger charge is 2.16. The number of anilines is 2. The molecule has 1 saturated heterocycles. The van der Waals surface area contributed by atoms with E-state index in [1.165, 1.54) is 6.07 Å². The van der Waals surface area contributed by atoms with Crippen LogP contribution in [0.3, 0.4) is 0 Å². The van der Waals surface area contributed by atoms with Crippen LogP contribution in [0.1, 0.15) is 5.56 Å². The lowest BCUT2D eigenvalue weighted by Crippen LogP contribution is -2.44. The van der Waals surface area contributed by atoms with Crippen molar-refractivity contribution in [2.24, 2.45) is 0 Å². The molecule has 0 amide bonds. The van der Waals surface area contributed by atoms with Gasteiger partial charge in [-0.1, -0.05) is 18.2 Å². The van der Waals surface area contributed by atoms with Crippen molar-refractivity contribution in [3.8, 4) is 17.0 Å². The molecule has 0 radical (unpaired) electrons. The lowest BCUT2D eigenvalue weighted by Gasteiger charge is -2.31. The number of hydrogen-bond acceptors (Lipinski definition) is 7. The number of nitrogens with one attached hydrogen (secondary N) is 2. The molecule has 0 spiro atoms. The van der Waals surface area contributed by atoms with Gasteiger partial charge in [0, 0.05) is 50.6 Å². The quantitative estimate of drug-likeness (QED) is 0.399. The van der Waals surface area contributed by atoms with E-state index in [9.17, 15) is 8.78 Å².